The number of hydrogen-bond donors (Lipinski definition) is 0. The average Bonchev–Trinajstić information content (AvgIpc) is 2.70. The number of piperazine rings is 1. The summed E-state index contributed by atoms with van der Waals surface area (Å²) < 4.78 is 5.32. The van der Waals surface area contributed by atoms with E-state index in [1.54, 1.807) is 11.8 Å². The summed E-state index contributed by atoms with van der Waals surface area (Å²) in [5.74, 6) is 1.68. The Hall–Kier alpha value is -1.57. The standard InChI is InChI=1S/C20H29N3O3S/c1-17-2-4-18(5-3-17)15-27-16-20(25)23-8-6-22(7-9-23)19(24)14-21-10-12-26-13-11-21/h2-5H,6-16H2,1H3. The van der Waals surface area contributed by atoms with Crippen molar-refractivity contribution in [2.24, 2.45) is 0 Å². The first-order valence-electron chi connectivity index (χ1n) is 9.61. The summed E-state index contributed by atoms with van der Waals surface area (Å²) in [5.41, 5.74) is 2.50. The lowest BCUT2D eigenvalue weighted by Crippen LogP contribution is -2.53. The Bertz CT molecular complexity index is 624. The van der Waals surface area contributed by atoms with Gasteiger partial charge < -0.3 is 14.5 Å². The molecule has 0 spiro atoms. The minimum Gasteiger partial charge on any atom is -0.379 e. The van der Waals surface area contributed by atoms with Gasteiger partial charge in [-0.1, -0.05) is 29.8 Å². The van der Waals surface area contributed by atoms with Gasteiger partial charge in [-0.25, -0.2) is 0 Å². The van der Waals surface area contributed by atoms with E-state index in [2.05, 4.69) is 36.1 Å². The van der Waals surface area contributed by atoms with E-state index in [-0.39, 0.29) is 11.8 Å². The second-order valence-corrected chi connectivity index (χ2v) is 8.11. The number of nitrogens with zero attached hydrogens (tertiary/aromatic N) is 3. The van der Waals surface area contributed by atoms with Gasteiger partial charge in [-0.2, -0.15) is 0 Å². The third-order valence-electron chi connectivity index (χ3n) is 5.06. The van der Waals surface area contributed by atoms with Gasteiger partial charge in [0.1, 0.15) is 0 Å². The van der Waals surface area contributed by atoms with Gasteiger partial charge in [-0.15, -0.1) is 11.8 Å². The number of aryl methyl sites for hydroxylation is 1. The summed E-state index contributed by atoms with van der Waals surface area (Å²) in [4.78, 5) is 30.8. The lowest BCUT2D eigenvalue weighted by molar-refractivity contribution is -0.139. The molecule has 6 nitrogen and oxygen atoms in total. The van der Waals surface area contributed by atoms with Crippen LogP contribution in [0, 0.1) is 6.92 Å². The van der Waals surface area contributed by atoms with Crippen molar-refractivity contribution in [1.29, 1.82) is 0 Å². The van der Waals surface area contributed by atoms with Crippen LogP contribution in [0.5, 0.6) is 0 Å². The van der Waals surface area contributed by atoms with Gasteiger partial charge in [0, 0.05) is 45.0 Å². The van der Waals surface area contributed by atoms with Crippen molar-refractivity contribution in [1.82, 2.24) is 14.7 Å². The smallest absolute Gasteiger partial charge is 0.236 e. The molecule has 2 heterocycles. The number of carbonyl (C=O) groups is 2. The van der Waals surface area contributed by atoms with E-state index in [1.807, 2.05) is 9.80 Å². The van der Waals surface area contributed by atoms with Crippen molar-refractivity contribution >= 4 is 23.6 Å². The highest BCUT2D eigenvalue weighted by molar-refractivity contribution is 7.99. The largest absolute Gasteiger partial charge is 0.379 e. The molecule has 27 heavy (non-hydrogen) atoms. The van der Waals surface area contributed by atoms with Gasteiger partial charge in [0.15, 0.2) is 0 Å². The molecule has 0 aromatic heterocycles. The van der Waals surface area contributed by atoms with Crippen LogP contribution in [-0.2, 0) is 20.1 Å². The Morgan fingerprint density at radius 1 is 0.926 bits per heavy atom. The Labute approximate surface area is 165 Å². The summed E-state index contributed by atoms with van der Waals surface area (Å²) in [7, 11) is 0. The molecule has 1 aromatic rings. The molecule has 1 aromatic carbocycles. The van der Waals surface area contributed by atoms with Gasteiger partial charge in [0.2, 0.25) is 11.8 Å². The Kier molecular flexibility index (Phi) is 7.55. The predicted molar refractivity (Wildman–Crippen MR) is 108 cm³/mol. The van der Waals surface area contributed by atoms with Gasteiger partial charge in [0.05, 0.1) is 25.5 Å². The number of morpholine rings is 1. The molecule has 0 unspecified atom stereocenters. The first-order valence-corrected chi connectivity index (χ1v) is 10.8. The maximum atomic E-state index is 12.4. The van der Waals surface area contributed by atoms with Crippen LogP contribution in [-0.4, -0.2) is 91.3 Å². The molecule has 0 bridgehead atoms. The third kappa shape index (κ3) is 6.23. The second kappa shape index (κ2) is 10.1. The number of rotatable bonds is 6. The van der Waals surface area contributed by atoms with Crippen LogP contribution in [0.2, 0.25) is 0 Å². The lowest BCUT2D eigenvalue weighted by atomic mass is 10.2. The van der Waals surface area contributed by atoms with Crippen molar-refractivity contribution in [2.75, 3.05) is 64.8 Å². The minimum atomic E-state index is 0.165. The maximum absolute atomic E-state index is 12.4. The SMILES string of the molecule is Cc1ccc(CSCC(=O)N2CCN(C(=O)CN3CCOCC3)CC2)cc1. The maximum Gasteiger partial charge on any atom is 0.236 e. The van der Waals surface area contributed by atoms with Gasteiger partial charge >= 0.3 is 0 Å². The highest BCUT2D eigenvalue weighted by Gasteiger charge is 2.25. The molecule has 0 radical (unpaired) electrons. The zero-order valence-electron chi connectivity index (χ0n) is 16.1. The number of hydrogen-bond acceptors (Lipinski definition) is 5. The molecule has 2 fully saturated rings. The fraction of sp³-hybridized carbons (Fsp3) is 0.600. The third-order valence-corrected chi connectivity index (χ3v) is 6.05. The van der Waals surface area contributed by atoms with E-state index in [4.69, 9.17) is 4.74 Å². The van der Waals surface area contributed by atoms with Crippen molar-refractivity contribution < 1.29 is 14.3 Å². The zero-order valence-corrected chi connectivity index (χ0v) is 16.9. The highest BCUT2D eigenvalue weighted by atomic mass is 32.2. The van der Waals surface area contributed by atoms with E-state index in [9.17, 15) is 9.59 Å². The molecule has 0 saturated carbocycles. The molecule has 2 saturated heterocycles. The van der Waals surface area contributed by atoms with Gasteiger partial charge in [-0.05, 0) is 12.5 Å². The van der Waals surface area contributed by atoms with E-state index >= 15 is 0 Å². The van der Waals surface area contributed by atoms with Crippen LogP contribution < -0.4 is 0 Å². The predicted octanol–water partition coefficient (Wildman–Crippen LogP) is 1.23. The lowest BCUT2D eigenvalue weighted by Gasteiger charge is -2.36. The van der Waals surface area contributed by atoms with Crippen LogP contribution in [0.15, 0.2) is 24.3 Å². The quantitative estimate of drug-likeness (QED) is 0.730. The summed E-state index contributed by atoms with van der Waals surface area (Å²) in [6.45, 7) is 8.14. The molecule has 2 aliphatic heterocycles. The van der Waals surface area contributed by atoms with E-state index in [1.165, 1.54) is 11.1 Å². The molecule has 3 rings (SSSR count). The molecule has 0 aliphatic carbocycles. The van der Waals surface area contributed by atoms with E-state index in [0.717, 1.165) is 18.8 Å². The fourth-order valence-corrected chi connectivity index (χ4v) is 4.18. The van der Waals surface area contributed by atoms with Crippen LogP contribution in [0.4, 0.5) is 0 Å². The van der Waals surface area contributed by atoms with Crippen LogP contribution in [0.1, 0.15) is 11.1 Å². The number of ether oxygens (including phenoxy) is 1. The molecule has 7 heteroatoms. The molecule has 0 N–H and O–H groups in total. The van der Waals surface area contributed by atoms with Crippen molar-refractivity contribution in [3.8, 4) is 0 Å². The Morgan fingerprint density at radius 3 is 2.15 bits per heavy atom. The van der Waals surface area contributed by atoms with Crippen LogP contribution in [0.25, 0.3) is 0 Å². The molecular weight excluding hydrogens is 362 g/mol. The topological polar surface area (TPSA) is 53.1 Å². The van der Waals surface area contributed by atoms with Gasteiger partial charge in [-0.3, -0.25) is 14.5 Å². The summed E-state index contributed by atoms with van der Waals surface area (Å²) in [5, 5.41) is 0. The van der Waals surface area contributed by atoms with E-state index in [0.29, 0.717) is 51.7 Å². The van der Waals surface area contributed by atoms with Gasteiger partial charge in [0.25, 0.3) is 0 Å². The molecule has 2 aliphatic rings. The fourth-order valence-electron chi connectivity index (χ4n) is 3.29. The molecular formula is C20H29N3O3S. The zero-order chi connectivity index (χ0) is 19.1. The average molecular weight is 392 g/mol. The number of benzene rings is 1. The monoisotopic (exact) mass is 391 g/mol. The van der Waals surface area contributed by atoms with E-state index < -0.39 is 0 Å². The summed E-state index contributed by atoms with van der Waals surface area (Å²) >= 11 is 1.65. The van der Waals surface area contributed by atoms with Crippen molar-refractivity contribution in [2.45, 2.75) is 12.7 Å². The van der Waals surface area contributed by atoms with Crippen molar-refractivity contribution in [3.05, 3.63) is 35.4 Å². The normalized spacial score (nSPS) is 18.6. The summed E-state index contributed by atoms with van der Waals surface area (Å²) in [6.07, 6.45) is 0. The molecule has 0 atom stereocenters. The Morgan fingerprint density at radius 2 is 1.52 bits per heavy atom. The second-order valence-electron chi connectivity index (χ2n) is 7.13. The molecule has 2 amide bonds. The Balaban J connectivity index is 1.34. The number of carbonyl (C=O) groups excluding carboxylic acids is 2. The first-order chi connectivity index (χ1) is 13.1. The number of amides is 2. The number of thioether (sulfide) groups is 1. The summed E-state index contributed by atoms with van der Waals surface area (Å²) in [6, 6.07) is 8.44. The minimum absolute atomic E-state index is 0.165. The first kappa shape index (κ1) is 20.2. The van der Waals surface area contributed by atoms with Crippen molar-refractivity contribution in [3.63, 3.8) is 0 Å². The molecule has 148 valence electrons. The highest BCUT2D eigenvalue weighted by Crippen LogP contribution is 2.14. The van der Waals surface area contributed by atoms with Crippen LogP contribution >= 0.6 is 11.8 Å². The van der Waals surface area contributed by atoms with Crippen LogP contribution in [0.3, 0.4) is 0 Å².